The fourth-order valence-corrected chi connectivity index (χ4v) is 1.85. The molecule has 0 fully saturated rings. The van der Waals surface area contributed by atoms with Crippen LogP contribution in [0.5, 0.6) is 0 Å². The van der Waals surface area contributed by atoms with Gasteiger partial charge >= 0.3 is 23.9 Å². The number of H-pyrrole nitrogens is 1. The largest absolute Gasteiger partial charge is 0.460 e. The summed E-state index contributed by atoms with van der Waals surface area (Å²) in [5, 5.41) is 0. The van der Waals surface area contributed by atoms with Gasteiger partial charge in [0.15, 0.2) is 5.69 Å². The van der Waals surface area contributed by atoms with Gasteiger partial charge in [-0.3, -0.25) is 9.59 Å². The molecule has 4 nitrogen and oxygen atoms in total. The summed E-state index contributed by atoms with van der Waals surface area (Å²) in [4.78, 5) is 28.0. The number of nitrogens with zero attached hydrogens (tertiary/aromatic N) is 1. The number of alkyl halides is 9. The second-order valence-electron chi connectivity index (χ2n) is 4.98. The minimum absolute atomic E-state index is 0.121. The molecule has 26 heavy (non-hydrogen) atoms. The number of hydrogen-bond acceptors (Lipinski definition) is 3. The molecule has 0 spiro atoms. The number of carbonyl (C=O) groups excluding carboxylic acids is 1. The van der Waals surface area contributed by atoms with Gasteiger partial charge in [0.1, 0.15) is 0 Å². The summed E-state index contributed by atoms with van der Waals surface area (Å²) in [6.07, 6.45) is -7.08. The molecule has 1 aromatic carbocycles. The van der Waals surface area contributed by atoms with Gasteiger partial charge in [0.2, 0.25) is 0 Å². The maximum Gasteiger partial charge on any atom is 0.460 e. The lowest BCUT2D eigenvalue weighted by atomic mass is 9.98. The van der Waals surface area contributed by atoms with Gasteiger partial charge in [0.05, 0.1) is 11.0 Å². The molecule has 2 rings (SSSR count). The van der Waals surface area contributed by atoms with E-state index in [4.69, 9.17) is 0 Å². The zero-order chi connectivity index (χ0) is 20.1. The summed E-state index contributed by atoms with van der Waals surface area (Å²) in [6, 6.07) is 4.81. The Morgan fingerprint density at radius 2 is 1.42 bits per heavy atom. The molecule has 1 N–H and O–H groups in total. The highest BCUT2D eigenvalue weighted by atomic mass is 19.4. The number of nitrogens with one attached hydrogen (secondary N) is 1. The molecule has 1 heterocycles. The summed E-state index contributed by atoms with van der Waals surface area (Å²) in [5.41, 5.74) is -4.19. The van der Waals surface area contributed by atoms with E-state index in [1.54, 1.807) is 4.98 Å². The first kappa shape index (κ1) is 19.7. The number of ketones is 1. The SMILES string of the molecule is O=C(c1nc2ccccc2[nH]c1=O)C(F)(F)C(F)(F)C(F)(F)C(F)(F)F. The van der Waals surface area contributed by atoms with Crippen LogP contribution in [0.2, 0.25) is 0 Å². The summed E-state index contributed by atoms with van der Waals surface area (Å²) in [6.45, 7) is 0. The van der Waals surface area contributed by atoms with E-state index >= 15 is 0 Å². The molecule has 0 aliphatic carbocycles. The Balaban J connectivity index is 2.61. The van der Waals surface area contributed by atoms with Crippen LogP contribution in [0, 0.1) is 0 Å². The average Bonchev–Trinajstić information content (AvgIpc) is 2.52. The maximum absolute atomic E-state index is 13.6. The first-order valence-electron chi connectivity index (χ1n) is 6.38. The van der Waals surface area contributed by atoms with Crippen LogP contribution in [-0.2, 0) is 0 Å². The fraction of sp³-hybridized carbons (Fsp3) is 0.308. The highest BCUT2D eigenvalue weighted by molar-refractivity contribution is 6.01. The minimum Gasteiger partial charge on any atom is -0.319 e. The molecule has 0 bridgehead atoms. The van der Waals surface area contributed by atoms with Gasteiger partial charge in [-0.05, 0) is 12.1 Å². The second-order valence-corrected chi connectivity index (χ2v) is 4.98. The highest BCUT2D eigenvalue weighted by Crippen LogP contribution is 2.53. The van der Waals surface area contributed by atoms with Crippen LogP contribution in [0.25, 0.3) is 11.0 Å². The van der Waals surface area contributed by atoms with Crippen molar-refractivity contribution in [1.29, 1.82) is 0 Å². The number of para-hydroxylation sites is 2. The van der Waals surface area contributed by atoms with Crippen molar-refractivity contribution in [2.45, 2.75) is 23.9 Å². The molecule has 142 valence electrons. The number of benzene rings is 1. The van der Waals surface area contributed by atoms with Crippen molar-refractivity contribution in [2.75, 3.05) is 0 Å². The predicted molar refractivity (Wildman–Crippen MR) is 67.6 cm³/mol. The zero-order valence-corrected chi connectivity index (χ0v) is 12.0. The van der Waals surface area contributed by atoms with Gasteiger partial charge in [-0.1, -0.05) is 12.1 Å². The molecule has 1 aromatic heterocycles. The van der Waals surface area contributed by atoms with Crippen LogP contribution in [0.15, 0.2) is 29.1 Å². The van der Waals surface area contributed by atoms with E-state index in [-0.39, 0.29) is 11.0 Å². The predicted octanol–water partition coefficient (Wildman–Crippen LogP) is 3.57. The first-order chi connectivity index (χ1) is 11.6. The van der Waals surface area contributed by atoms with Gasteiger partial charge in [0.25, 0.3) is 11.3 Å². The molecule has 0 atom stereocenters. The monoisotopic (exact) mass is 392 g/mol. The van der Waals surface area contributed by atoms with Gasteiger partial charge in [-0.2, -0.15) is 39.5 Å². The smallest absolute Gasteiger partial charge is 0.319 e. The minimum atomic E-state index is -7.25. The molecule has 0 aliphatic rings. The van der Waals surface area contributed by atoms with E-state index in [9.17, 15) is 49.1 Å². The van der Waals surface area contributed by atoms with Crippen LogP contribution in [0.1, 0.15) is 10.5 Å². The lowest BCUT2D eigenvalue weighted by Gasteiger charge is -2.32. The number of aromatic nitrogens is 2. The van der Waals surface area contributed by atoms with E-state index in [2.05, 4.69) is 4.98 Å². The molecule has 13 heteroatoms. The van der Waals surface area contributed by atoms with Gasteiger partial charge in [0, 0.05) is 0 Å². The van der Waals surface area contributed by atoms with Gasteiger partial charge in [-0.15, -0.1) is 0 Å². The van der Waals surface area contributed by atoms with E-state index in [1.807, 2.05) is 0 Å². The number of Topliss-reactive ketones (excluding diaryl/α,β-unsaturated/α-hetero) is 1. The summed E-state index contributed by atoms with van der Waals surface area (Å²) >= 11 is 0. The lowest BCUT2D eigenvalue weighted by Crippen LogP contribution is -2.63. The molecular formula is C13H5F9N2O2. The highest BCUT2D eigenvalue weighted by Gasteiger charge is 2.83. The number of rotatable bonds is 4. The first-order valence-corrected chi connectivity index (χ1v) is 6.38. The van der Waals surface area contributed by atoms with Gasteiger partial charge < -0.3 is 4.98 Å². The normalized spacial score (nSPS) is 13.9. The van der Waals surface area contributed by atoms with Crippen molar-refractivity contribution in [2.24, 2.45) is 0 Å². The second kappa shape index (κ2) is 5.71. The average molecular weight is 392 g/mol. The van der Waals surface area contributed by atoms with Crippen LogP contribution in [0.3, 0.4) is 0 Å². The van der Waals surface area contributed by atoms with Crippen molar-refractivity contribution in [1.82, 2.24) is 9.97 Å². The molecule has 0 aliphatic heterocycles. The number of hydrogen-bond donors (Lipinski definition) is 1. The third-order valence-electron chi connectivity index (χ3n) is 3.24. The Labute approximate surface area is 136 Å². The van der Waals surface area contributed by atoms with Crippen LogP contribution in [0.4, 0.5) is 39.5 Å². The number of fused-ring (bicyclic) bond motifs is 1. The number of aromatic amines is 1. The Kier molecular flexibility index (Phi) is 4.33. The van der Waals surface area contributed by atoms with Crippen molar-refractivity contribution in [3.05, 3.63) is 40.3 Å². The molecule has 0 saturated carbocycles. The Morgan fingerprint density at radius 3 is 1.96 bits per heavy atom. The molecule has 2 aromatic rings. The maximum atomic E-state index is 13.6. The summed E-state index contributed by atoms with van der Waals surface area (Å²) in [5.74, 6) is -24.3. The summed E-state index contributed by atoms with van der Waals surface area (Å²) < 4.78 is 116. The third-order valence-corrected chi connectivity index (χ3v) is 3.24. The Bertz CT molecular complexity index is 918. The van der Waals surface area contributed by atoms with E-state index in [0.29, 0.717) is 0 Å². The molecule has 0 amide bonds. The topological polar surface area (TPSA) is 62.8 Å². The third kappa shape index (κ3) is 2.70. The molecule has 0 radical (unpaired) electrons. The van der Waals surface area contributed by atoms with E-state index < -0.39 is 41.0 Å². The van der Waals surface area contributed by atoms with Crippen molar-refractivity contribution >= 4 is 16.8 Å². The Morgan fingerprint density at radius 1 is 0.885 bits per heavy atom. The molecule has 0 unspecified atom stereocenters. The van der Waals surface area contributed by atoms with Crippen LogP contribution < -0.4 is 5.56 Å². The molecular weight excluding hydrogens is 387 g/mol. The van der Waals surface area contributed by atoms with Crippen LogP contribution in [-0.4, -0.2) is 39.7 Å². The van der Waals surface area contributed by atoms with E-state index in [0.717, 1.165) is 6.07 Å². The molecule has 0 saturated heterocycles. The quantitative estimate of drug-likeness (QED) is 0.639. The van der Waals surface area contributed by atoms with Crippen molar-refractivity contribution in [3.8, 4) is 0 Å². The number of carbonyl (C=O) groups is 1. The van der Waals surface area contributed by atoms with Crippen molar-refractivity contribution < 1.29 is 44.3 Å². The van der Waals surface area contributed by atoms with Crippen LogP contribution >= 0.6 is 0 Å². The Hall–Kier alpha value is -2.60. The zero-order valence-electron chi connectivity index (χ0n) is 12.0. The van der Waals surface area contributed by atoms with Crippen molar-refractivity contribution in [3.63, 3.8) is 0 Å². The summed E-state index contributed by atoms with van der Waals surface area (Å²) in [7, 11) is 0. The lowest BCUT2D eigenvalue weighted by molar-refractivity contribution is -0.386. The fourth-order valence-electron chi connectivity index (χ4n) is 1.85. The van der Waals surface area contributed by atoms with Gasteiger partial charge in [-0.25, -0.2) is 4.98 Å². The number of halogens is 9. The standard InChI is InChI=1S/C13H5F9N2O2/c14-10(15,11(16,17)12(18,19)13(20,21)22)8(25)7-9(26)24-6-4-2-1-3-5(6)23-7/h1-4H,(H,24,26). The van der Waals surface area contributed by atoms with E-state index in [1.165, 1.54) is 18.2 Å².